The first-order chi connectivity index (χ1) is 3.81. The molecular formula is C5H8O3. The maximum Gasteiger partial charge on any atom is 0.180 e. The summed E-state index contributed by atoms with van der Waals surface area (Å²) >= 11 is 0. The molecule has 0 aromatic heterocycles. The SMILES string of the molecule is O=C(/C=C/CO)CO. The highest BCUT2D eigenvalue weighted by Gasteiger charge is 1.86. The number of hydrogen-bond donors (Lipinski definition) is 2. The lowest BCUT2D eigenvalue weighted by Crippen LogP contribution is -1.97. The van der Waals surface area contributed by atoms with E-state index >= 15 is 0 Å². The van der Waals surface area contributed by atoms with Crippen molar-refractivity contribution in [3.8, 4) is 0 Å². The summed E-state index contributed by atoms with van der Waals surface area (Å²) in [5.74, 6) is -0.390. The monoisotopic (exact) mass is 116 g/mol. The van der Waals surface area contributed by atoms with E-state index < -0.39 is 6.61 Å². The van der Waals surface area contributed by atoms with Crippen LogP contribution >= 0.6 is 0 Å². The first-order valence-electron chi connectivity index (χ1n) is 2.22. The van der Waals surface area contributed by atoms with Crippen LogP contribution in [-0.2, 0) is 4.79 Å². The van der Waals surface area contributed by atoms with Crippen LogP contribution in [0.25, 0.3) is 0 Å². The van der Waals surface area contributed by atoms with Gasteiger partial charge in [-0.1, -0.05) is 6.08 Å². The standard InChI is InChI=1S/C5H8O3/c6-3-1-2-5(8)4-7/h1-2,6-7H,3-4H2/b2-1+. The third-order valence-electron chi connectivity index (χ3n) is 0.565. The fraction of sp³-hybridized carbons (Fsp3) is 0.400. The Kier molecular flexibility index (Phi) is 4.11. The lowest BCUT2D eigenvalue weighted by molar-refractivity contribution is -0.117. The van der Waals surface area contributed by atoms with Gasteiger partial charge in [0.05, 0.1) is 6.61 Å². The molecular weight excluding hydrogens is 108 g/mol. The maximum atomic E-state index is 10.1. The zero-order chi connectivity index (χ0) is 6.41. The third kappa shape index (κ3) is 3.52. The number of aliphatic hydroxyl groups is 2. The van der Waals surface area contributed by atoms with Gasteiger partial charge in [-0.2, -0.15) is 0 Å². The summed E-state index contributed by atoms with van der Waals surface area (Å²) in [4.78, 5) is 10.1. The molecule has 0 aliphatic rings. The first kappa shape index (κ1) is 7.33. The van der Waals surface area contributed by atoms with Crippen LogP contribution in [0.15, 0.2) is 12.2 Å². The smallest absolute Gasteiger partial charge is 0.180 e. The molecule has 3 nitrogen and oxygen atoms in total. The molecule has 0 amide bonds. The summed E-state index contributed by atoms with van der Waals surface area (Å²) in [7, 11) is 0. The Morgan fingerprint density at radius 2 is 2.12 bits per heavy atom. The molecule has 0 aliphatic heterocycles. The Morgan fingerprint density at radius 1 is 1.50 bits per heavy atom. The predicted octanol–water partition coefficient (Wildman–Crippen LogP) is -0.904. The lowest BCUT2D eigenvalue weighted by Gasteiger charge is -1.80. The third-order valence-corrected chi connectivity index (χ3v) is 0.565. The topological polar surface area (TPSA) is 57.5 Å². The minimum Gasteiger partial charge on any atom is -0.392 e. The van der Waals surface area contributed by atoms with Crippen molar-refractivity contribution in [3.63, 3.8) is 0 Å². The molecule has 0 unspecified atom stereocenters. The van der Waals surface area contributed by atoms with Crippen molar-refractivity contribution in [2.45, 2.75) is 0 Å². The molecule has 0 heterocycles. The Hall–Kier alpha value is -0.670. The summed E-state index contributed by atoms with van der Waals surface area (Å²) in [6.07, 6.45) is 2.42. The fourth-order valence-corrected chi connectivity index (χ4v) is 0.237. The van der Waals surface area contributed by atoms with Gasteiger partial charge in [0.1, 0.15) is 6.61 Å². The molecule has 0 saturated heterocycles. The van der Waals surface area contributed by atoms with Crippen LogP contribution in [0.3, 0.4) is 0 Å². The zero-order valence-corrected chi connectivity index (χ0v) is 4.37. The highest BCUT2D eigenvalue weighted by atomic mass is 16.3. The second kappa shape index (κ2) is 4.49. The van der Waals surface area contributed by atoms with Crippen LogP contribution in [0.1, 0.15) is 0 Å². The van der Waals surface area contributed by atoms with Crippen molar-refractivity contribution in [3.05, 3.63) is 12.2 Å². The quantitative estimate of drug-likeness (QED) is 0.469. The number of hydrogen-bond acceptors (Lipinski definition) is 3. The van der Waals surface area contributed by atoms with E-state index in [-0.39, 0.29) is 12.4 Å². The molecule has 3 heteroatoms. The lowest BCUT2D eigenvalue weighted by atomic mass is 10.4. The number of carbonyl (C=O) groups excluding carboxylic acids is 1. The van der Waals surface area contributed by atoms with Gasteiger partial charge in [-0.05, 0) is 6.08 Å². The Labute approximate surface area is 47.3 Å². The Bertz CT molecular complexity index is 95.8. The molecule has 0 rings (SSSR count). The van der Waals surface area contributed by atoms with Gasteiger partial charge < -0.3 is 10.2 Å². The van der Waals surface area contributed by atoms with Crippen LogP contribution in [0.4, 0.5) is 0 Å². The van der Waals surface area contributed by atoms with E-state index in [1.54, 1.807) is 0 Å². The number of rotatable bonds is 3. The number of ketones is 1. The van der Waals surface area contributed by atoms with Crippen molar-refractivity contribution in [2.24, 2.45) is 0 Å². The molecule has 0 aliphatic carbocycles. The number of carbonyl (C=O) groups is 1. The molecule has 0 radical (unpaired) electrons. The molecule has 2 N–H and O–H groups in total. The molecule has 0 aromatic carbocycles. The average molecular weight is 116 g/mol. The van der Waals surface area contributed by atoms with E-state index in [1.165, 1.54) is 6.08 Å². The molecule has 0 saturated carbocycles. The zero-order valence-electron chi connectivity index (χ0n) is 4.37. The first-order valence-corrected chi connectivity index (χ1v) is 2.22. The van der Waals surface area contributed by atoms with Crippen LogP contribution < -0.4 is 0 Å². The summed E-state index contributed by atoms with van der Waals surface area (Å²) in [6.45, 7) is -0.651. The van der Waals surface area contributed by atoms with E-state index in [1.807, 2.05) is 0 Å². The van der Waals surface area contributed by atoms with Gasteiger partial charge in [-0.25, -0.2) is 0 Å². The van der Waals surface area contributed by atoms with Gasteiger partial charge in [0.15, 0.2) is 5.78 Å². The van der Waals surface area contributed by atoms with Crippen molar-refractivity contribution in [1.29, 1.82) is 0 Å². The normalized spacial score (nSPS) is 10.2. The highest BCUT2D eigenvalue weighted by Crippen LogP contribution is 1.72. The average Bonchev–Trinajstić information content (AvgIpc) is 1.83. The van der Waals surface area contributed by atoms with Crippen LogP contribution in [0.5, 0.6) is 0 Å². The number of aliphatic hydroxyl groups excluding tert-OH is 2. The summed E-state index contributed by atoms with van der Waals surface area (Å²) in [5, 5.41) is 16.2. The van der Waals surface area contributed by atoms with Gasteiger partial charge in [0.2, 0.25) is 0 Å². The van der Waals surface area contributed by atoms with E-state index in [0.29, 0.717) is 0 Å². The maximum absolute atomic E-state index is 10.1. The van der Waals surface area contributed by atoms with Crippen LogP contribution in [0.2, 0.25) is 0 Å². The van der Waals surface area contributed by atoms with Gasteiger partial charge >= 0.3 is 0 Å². The van der Waals surface area contributed by atoms with E-state index in [4.69, 9.17) is 10.2 Å². The van der Waals surface area contributed by atoms with Gasteiger partial charge in [0, 0.05) is 0 Å². The van der Waals surface area contributed by atoms with Crippen LogP contribution in [-0.4, -0.2) is 29.2 Å². The van der Waals surface area contributed by atoms with Gasteiger partial charge in [0.25, 0.3) is 0 Å². The van der Waals surface area contributed by atoms with E-state index in [9.17, 15) is 4.79 Å². The largest absolute Gasteiger partial charge is 0.392 e. The summed E-state index contributed by atoms with van der Waals surface area (Å²) in [5.41, 5.74) is 0. The van der Waals surface area contributed by atoms with Crippen molar-refractivity contribution >= 4 is 5.78 Å². The molecule has 0 bridgehead atoms. The Morgan fingerprint density at radius 3 is 2.50 bits per heavy atom. The molecule has 46 valence electrons. The predicted molar refractivity (Wildman–Crippen MR) is 28.3 cm³/mol. The summed E-state index contributed by atoms with van der Waals surface area (Å²) in [6, 6.07) is 0. The second-order valence-electron chi connectivity index (χ2n) is 1.21. The van der Waals surface area contributed by atoms with Crippen molar-refractivity contribution < 1.29 is 15.0 Å². The highest BCUT2D eigenvalue weighted by molar-refractivity contribution is 5.90. The minimum atomic E-state index is -0.490. The molecule has 0 spiro atoms. The molecule has 0 atom stereocenters. The fourth-order valence-electron chi connectivity index (χ4n) is 0.237. The van der Waals surface area contributed by atoms with Gasteiger partial charge in [-0.3, -0.25) is 4.79 Å². The van der Waals surface area contributed by atoms with Gasteiger partial charge in [-0.15, -0.1) is 0 Å². The summed E-state index contributed by atoms with van der Waals surface area (Å²) < 4.78 is 0. The molecule has 0 aromatic rings. The molecule has 8 heavy (non-hydrogen) atoms. The molecule has 0 fully saturated rings. The van der Waals surface area contributed by atoms with E-state index in [2.05, 4.69) is 0 Å². The minimum absolute atomic E-state index is 0.161. The second-order valence-corrected chi connectivity index (χ2v) is 1.21. The van der Waals surface area contributed by atoms with Crippen molar-refractivity contribution in [2.75, 3.05) is 13.2 Å². The van der Waals surface area contributed by atoms with Crippen molar-refractivity contribution in [1.82, 2.24) is 0 Å². The van der Waals surface area contributed by atoms with Crippen LogP contribution in [0, 0.1) is 0 Å². The Balaban J connectivity index is 3.37. The van der Waals surface area contributed by atoms with E-state index in [0.717, 1.165) is 6.08 Å².